The molecule has 3 N–H and O–H groups in total. The van der Waals surface area contributed by atoms with Crippen molar-refractivity contribution in [3.05, 3.63) is 27.3 Å². The van der Waals surface area contributed by atoms with Gasteiger partial charge in [0.25, 0.3) is 0 Å². The van der Waals surface area contributed by atoms with Crippen LogP contribution in [-0.2, 0) is 0 Å². The summed E-state index contributed by atoms with van der Waals surface area (Å²) in [6, 6.07) is 0.918. The Hall–Kier alpha value is -2.04. The third kappa shape index (κ3) is 2.56. The Morgan fingerprint density at radius 1 is 1.50 bits per heavy atom. The SMILES string of the molecule is COc1c([N+](=O)[O-])cc(C(=O)O)c(C)c1N1CCCS1(O)O. The van der Waals surface area contributed by atoms with Crippen LogP contribution in [0.25, 0.3) is 0 Å². The third-order valence-electron chi connectivity index (χ3n) is 3.50. The fraction of sp³-hybridized carbons (Fsp3) is 0.417. The first-order valence-electron chi connectivity index (χ1n) is 6.33. The molecule has 0 saturated carbocycles. The zero-order chi connectivity index (χ0) is 16.7. The summed E-state index contributed by atoms with van der Waals surface area (Å²) in [5.74, 6) is -1.38. The number of ether oxygens (including phenoxy) is 1. The maximum atomic E-state index is 11.3. The van der Waals surface area contributed by atoms with Crippen LogP contribution in [0, 0.1) is 17.0 Å². The van der Waals surface area contributed by atoms with Crippen molar-refractivity contribution >= 4 is 28.1 Å². The van der Waals surface area contributed by atoms with Crippen LogP contribution >= 0.6 is 10.8 Å². The van der Waals surface area contributed by atoms with Gasteiger partial charge in [-0.15, -0.1) is 10.8 Å². The lowest BCUT2D eigenvalue weighted by Gasteiger charge is -2.39. The Bertz CT molecular complexity index is 647. The van der Waals surface area contributed by atoms with Gasteiger partial charge in [-0.2, -0.15) is 0 Å². The lowest BCUT2D eigenvalue weighted by atomic mass is 10.0. The zero-order valence-electron chi connectivity index (χ0n) is 12.0. The van der Waals surface area contributed by atoms with Gasteiger partial charge in [0.05, 0.1) is 23.3 Å². The number of hydrogen-bond acceptors (Lipinski definition) is 7. The molecule has 2 rings (SSSR count). The molecular formula is C12H16N2O7S. The van der Waals surface area contributed by atoms with E-state index in [1.807, 2.05) is 0 Å². The number of nitro benzene ring substituents is 1. The van der Waals surface area contributed by atoms with Gasteiger partial charge >= 0.3 is 11.7 Å². The number of aromatic carboxylic acids is 1. The number of nitro groups is 1. The number of methoxy groups -OCH3 is 1. The van der Waals surface area contributed by atoms with Gasteiger partial charge in [0, 0.05) is 12.6 Å². The minimum Gasteiger partial charge on any atom is -0.489 e. The number of hydrogen-bond donors (Lipinski definition) is 3. The number of anilines is 1. The van der Waals surface area contributed by atoms with Gasteiger partial charge in [-0.05, 0) is 18.9 Å². The largest absolute Gasteiger partial charge is 0.489 e. The molecule has 1 heterocycles. The highest BCUT2D eigenvalue weighted by Crippen LogP contribution is 2.56. The standard InChI is InChI=1S/C12H16N2O7S/c1-7-8(12(15)16)6-9(14(17)18)11(21-2)10(7)13-4-3-5-22(13,19)20/h6,19-20H,3-5H2,1-2H3,(H,15,16). The maximum Gasteiger partial charge on any atom is 0.336 e. The molecule has 0 aliphatic carbocycles. The average molecular weight is 332 g/mol. The normalized spacial score (nSPS) is 18.1. The van der Waals surface area contributed by atoms with Gasteiger partial charge in [-0.3, -0.25) is 23.5 Å². The zero-order valence-corrected chi connectivity index (χ0v) is 12.8. The number of rotatable bonds is 4. The van der Waals surface area contributed by atoms with Crippen LogP contribution in [0.5, 0.6) is 5.75 Å². The molecule has 0 radical (unpaired) electrons. The first kappa shape index (κ1) is 16.3. The second-order valence-corrected chi connectivity index (χ2v) is 6.92. The topological polar surface area (TPSA) is 133 Å². The maximum absolute atomic E-state index is 11.3. The molecule has 1 aromatic rings. The van der Waals surface area contributed by atoms with Crippen molar-refractivity contribution in [2.75, 3.05) is 23.7 Å². The minimum atomic E-state index is -3.14. The molecule has 9 nitrogen and oxygen atoms in total. The Morgan fingerprint density at radius 2 is 2.14 bits per heavy atom. The van der Waals surface area contributed by atoms with Gasteiger partial charge in [-0.25, -0.2) is 4.79 Å². The van der Waals surface area contributed by atoms with E-state index in [0.717, 1.165) is 6.07 Å². The Morgan fingerprint density at radius 3 is 2.55 bits per heavy atom. The van der Waals surface area contributed by atoms with Crippen LogP contribution in [0.1, 0.15) is 22.3 Å². The van der Waals surface area contributed by atoms with E-state index >= 15 is 0 Å². The minimum absolute atomic E-state index is 0.0478. The van der Waals surface area contributed by atoms with Gasteiger partial charge in [-0.1, -0.05) is 0 Å². The Balaban J connectivity index is 2.80. The summed E-state index contributed by atoms with van der Waals surface area (Å²) in [5, 5.41) is 20.4. The molecular weight excluding hydrogens is 316 g/mol. The van der Waals surface area contributed by atoms with Crippen molar-refractivity contribution in [2.45, 2.75) is 13.3 Å². The molecule has 1 aliphatic rings. The molecule has 10 heteroatoms. The van der Waals surface area contributed by atoms with E-state index in [2.05, 4.69) is 0 Å². The number of nitrogens with zero attached hydrogens (tertiary/aromatic N) is 2. The quantitative estimate of drug-likeness (QED) is 0.565. The smallest absolute Gasteiger partial charge is 0.336 e. The fourth-order valence-corrected chi connectivity index (χ4v) is 4.18. The summed E-state index contributed by atoms with van der Waals surface area (Å²) in [6.07, 6.45) is 0.482. The lowest BCUT2D eigenvalue weighted by molar-refractivity contribution is -0.385. The van der Waals surface area contributed by atoms with Crippen LogP contribution < -0.4 is 9.04 Å². The summed E-state index contributed by atoms with van der Waals surface area (Å²) in [6.45, 7) is 1.71. The molecule has 0 atom stereocenters. The van der Waals surface area contributed by atoms with Crippen LogP contribution in [0.15, 0.2) is 6.07 Å². The number of carboxylic acids is 1. The first-order chi connectivity index (χ1) is 10.2. The molecule has 0 unspecified atom stereocenters. The summed E-state index contributed by atoms with van der Waals surface area (Å²) < 4.78 is 26.5. The van der Waals surface area contributed by atoms with E-state index in [0.29, 0.717) is 6.42 Å². The molecule has 0 aromatic heterocycles. The second kappa shape index (κ2) is 5.63. The van der Waals surface area contributed by atoms with Crippen molar-refractivity contribution in [1.82, 2.24) is 0 Å². The fourth-order valence-electron chi connectivity index (χ4n) is 2.51. The summed E-state index contributed by atoms with van der Waals surface area (Å²) in [7, 11) is -1.93. The molecule has 1 aromatic carbocycles. The summed E-state index contributed by atoms with van der Waals surface area (Å²) in [4.78, 5) is 21.8. The highest BCUT2D eigenvalue weighted by atomic mass is 32.3. The molecule has 0 spiro atoms. The highest BCUT2D eigenvalue weighted by molar-refractivity contribution is 8.25. The van der Waals surface area contributed by atoms with Gasteiger partial charge < -0.3 is 9.84 Å². The molecule has 1 saturated heterocycles. The third-order valence-corrected chi connectivity index (χ3v) is 5.41. The van der Waals surface area contributed by atoms with Crippen LogP contribution in [0.2, 0.25) is 0 Å². The monoisotopic (exact) mass is 332 g/mol. The average Bonchev–Trinajstić information content (AvgIpc) is 2.76. The van der Waals surface area contributed by atoms with E-state index in [9.17, 15) is 29.1 Å². The molecule has 22 heavy (non-hydrogen) atoms. The van der Waals surface area contributed by atoms with Gasteiger partial charge in [0.1, 0.15) is 5.69 Å². The molecule has 0 bridgehead atoms. The second-order valence-electron chi connectivity index (χ2n) is 4.80. The summed E-state index contributed by atoms with van der Waals surface area (Å²) in [5.41, 5.74) is -0.560. The predicted octanol–water partition coefficient (Wildman–Crippen LogP) is 2.49. The summed E-state index contributed by atoms with van der Waals surface area (Å²) >= 11 is 0. The van der Waals surface area contributed by atoms with Crippen molar-refractivity contribution in [1.29, 1.82) is 0 Å². The van der Waals surface area contributed by atoms with Crippen LogP contribution in [0.3, 0.4) is 0 Å². The predicted molar refractivity (Wildman–Crippen MR) is 81.0 cm³/mol. The molecule has 1 aliphatic heterocycles. The molecule has 0 amide bonds. The van der Waals surface area contributed by atoms with E-state index in [1.165, 1.54) is 18.3 Å². The molecule has 1 fully saturated rings. The van der Waals surface area contributed by atoms with Crippen LogP contribution in [-0.4, -0.2) is 44.5 Å². The van der Waals surface area contributed by atoms with Crippen molar-refractivity contribution in [2.24, 2.45) is 0 Å². The van der Waals surface area contributed by atoms with Crippen molar-refractivity contribution in [3.8, 4) is 5.75 Å². The highest BCUT2D eigenvalue weighted by Gasteiger charge is 2.37. The Kier molecular flexibility index (Phi) is 4.18. The van der Waals surface area contributed by atoms with E-state index < -0.39 is 27.4 Å². The van der Waals surface area contributed by atoms with Crippen molar-refractivity contribution in [3.63, 3.8) is 0 Å². The number of carboxylic acid groups (broad SMARTS) is 1. The first-order valence-corrected chi connectivity index (χ1v) is 8.01. The van der Waals surface area contributed by atoms with Crippen LogP contribution in [0.4, 0.5) is 11.4 Å². The van der Waals surface area contributed by atoms with Gasteiger partial charge in [0.2, 0.25) is 5.75 Å². The molecule has 122 valence electrons. The lowest BCUT2D eigenvalue weighted by Crippen LogP contribution is -2.24. The number of benzene rings is 1. The van der Waals surface area contributed by atoms with E-state index in [-0.39, 0.29) is 34.9 Å². The van der Waals surface area contributed by atoms with E-state index in [4.69, 9.17) is 4.74 Å². The van der Waals surface area contributed by atoms with Gasteiger partial charge in [0.15, 0.2) is 0 Å². The van der Waals surface area contributed by atoms with Crippen molar-refractivity contribution < 1.29 is 28.7 Å². The van der Waals surface area contributed by atoms with E-state index in [1.54, 1.807) is 0 Å². The number of carbonyl (C=O) groups is 1. The Labute approximate surface area is 127 Å².